The first-order chi connectivity index (χ1) is 25.9. The molecule has 302 valence electrons. The van der Waals surface area contributed by atoms with Crippen molar-refractivity contribution in [3.63, 3.8) is 0 Å². The summed E-state index contributed by atoms with van der Waals surface area (Å²) in [4.78, 5) is 39.0. The monoisotopic (exact) mass is 760 g/mol. The van der Waals surface area contributed by atoms with Gasteiger partial charge in [0.05, 0.1) is 51.2 Å². The Morgan fingerprint density at radius 2 is 1.72 bits per heavy atom. The lowest BCUT2D eigenvalue weighted by molar-refractivity contribution is -0.327. The van der Waals surface area contributed by atoms with Gasteiger partial charge in [0.15, 0.2) is 12.4 Å². The molecule has 3 N–H and O–H groups in total. The molecule has 54 heavy (non-hydrogen) atoms. The molecule has 3 aliphatic rings. The summed E-state index contributed by atoms with van der Waals surface area (Å²) in [7, 11) is 1.22. The second kappa shape index (κ2) is 21.2. The molecule has 13 heteroatoms. The van der Waals surface area contributed by atoms with E-state index in [-0.39, 0.29) is 56.5 Å². The number of cyclic esters (lactones) is 1. The van der Waals surface area contributed by atoms with Crippen LogP contribution in [0.5, 0.6) is 0 Å². The number of ether oxygens (including phenoxy) is 7. The van der Waals surface area contributed by atoms with Gasteiger partial charge in [-0.2, -0.15) is 0 Å². The number of benzene rings is 1. The molecule has 4 bridgehead atoms. The summed E-state index contributed by atoms with van der Waals surface area (Å²) in [5.74, 6) is -4.30. The number of aliphatic hydroxyl groups excluding tert-OH is 2. The maximum absolute atomic E-state index is 13.3. The molecule has 1 aromatic carbocycles. The topological polar surface area (TPSA) is 177 Å². The number of carbonyl (C=O) groups is 3. The Bertz CT molecular complexity index is 1390. The van der Waals surface area contributed by atoms with Crippen LogP contribution < -0.4 is 0 Å². The minimum atomic E-state index is -2.27. The van der Waals surface area contributed by atoms with Gasteiger partial charge in [0.25, 0.3) is 0 Å². The minimum absolute atomic E-state index is 0.0151. The standard InChI is InChI=1S/C41H60O13/c1-5-6-7-8-12-15-35(44)53-39-29(23-36(45)48-4)22-32-25-33(27-42)51-37(46)24-30(43)17-20-49-34(28-13-10-9-11-14-28)26-31-18-21-50-38(52-31)16-19-40(2,3)41(39,47)54-32/h9-11,13-14,16,19,23,30-34,38-39,42-43,47H,5-8,12,15,17-18,20-22,24-27H2,1-4H3/b19-16+,29-23+/t30-,31-,32-,33-,34+,38-,39-,41+/m0/s1. The number of hydrogen-bond acceptors (Lipinski definition) is 13. The molecule has 3 heterocycles. The normalized spacial score (nSPS) is 32.5. The van der Waals surface area contributed by atoms with E-state index >= 15 is 0 Å². The molecule has 8 atom stereocenters. The fourth-order valence-corrected chi connectivity index (χ4v) is 7.02. The van der Waals surface area contributed by atoms with E-state index in [1.165, 1.54) is 13.2 Å². The highest BCUT2D eigenvalue weighted by Gasteiger charge is 2.57. The van der Waals surface area contributed by atoms with Crippen molar-refractivity contribution in [3.05, 3.63) is 59.7 Å². The molecule has 0 saturated carbocycles. The van der Waals surface area contributed by atoms with Gasteiger partial charge in [0.1, 0.15) is 6.10 Å². The van der Waals surface area contributed by atoms with Crippen LogP contribution in [0.15, 0.2) is 54.1 Å². The van der Waals surface area contributed by atoms with Crippen LogP contribution in [0.4, 0.5) is 0 Å². The third-order valence-electron chi connectivity index (χ3n) is 10.2. The van der Waals surface area contributed by atoms with Gasteiger partial charge in [-0.15, -0.1) is 0 Å². The molecule has 0 aromatic heterocycles. The van der Waals surface area contributed by atoms with Gasteiger partial charge in [-0.05, 0) is 42.9 Å². The Morgan fingerprint density at radius 1 is 0.981 bits per heavy atom. The number of esters is 3. The summed E-state index contributed by atoms with van der Waals surface area (Å²) < 4.78 is 41.5. The lowest BCUT2D eigenvalue weighted by Crippen LogP contribution is -2.62. The maximum Gasteiger partial charge on any atom is 0.330 e. The number of rotatable bonds is 10. The first-order valence-electron chi connectivity index (χ1n) is 19.4. The Morgan fingerprint density at radius 3 is 2.44 bits per heavy atom. The molecule has 2 saturated heterocycles. The predicted octanol–water partition coefficient (Wildman–Crippen LogP) is 5.15. The van der Waals surface area contributed by atoms with Crippen LogP contribution in [-0.2, 0) is 47.5 Å². The molecule has 3 aliphatic heterocycles. The summed E-state index contributed by atoms with van der Waals surface area (Å²) in [6.07, 6.45) is 4.08. The number of fused-ring (bicyclic) bond motifs is 4. The van der Waals surface area contributed by atoms with Crippen molar-refractivity contribution in [1.29, 1.82) is 0 Å². The predicted molar refractivity (Wildman–Crippen MR) is 197 cm³/mol. The van der Waals surface area contributed by atoms with Gasteiger partial charge < -0.3 is 48.5 Å². The summed E-state index contributed by atoms with van der Waals surface area (Å²) in [6.45, 7) is 5.50. The highest BCUT2D eigenvalue weighted by molar-refractivity contribution is 5.83. The van der Waals surface area contributed by atoms with Gasteiger partial charge in [-0.1, -0.05) is 82.9 Å². The average Bonchev–Trinajstić information content (AvgIpc) is 3.14. The van der Waals surface area contributed by atoms with Crippen molar-refractivity contribution in [2.24, 2.45) is 5.41 Å². The van der Waals surface area contributed by atoms with E-state index < -0.39 is 66.4 Å². The van der Waals surface area contributed by atoms with Crippen LogP contribution in [0.3, 0.4) is 0 Å². The van der Waals surface area contributed by atoms with Gasteiger partial charge in [-0.25, -0.2) is 4.79 Å². The van der Waals surface area contributed by atoms with Crippen molar-refractivity contribution < 1.29 is 62.9 Å². The van der Waals surface area contributed by atoms with Crippen LogP contribution >= 0.6 is 0 Å². The smallest absolute Gasteiger partial charge is 0.330 e. The van der Waals surface area contributed by atoms with E-state index in [1.54, 1.807) is 26.0 Å². The third-order valence-corrected chi connectivity index (χ3v) is 10.2. The van der Waals surface area contributed by atoms with E-state index in [0.717, 1.165) is 31.2 Å². The molecule has 0 amide bonds. The Labute approximate surface area is 318 Å². The summed E-state index contributed by atoms with van der Waals surface area (Å²) in [6, 6.07) is 9.68. The number of unbranched alkanes of at least 4 members (excludes halogenated alkanes) is 4. The third kappa shape index (κ3) is 12.7. The summed E-state index contributed by atoms with van der Waals surface area (Å²) in [5, 5.41) is 33.7. The van der Waals surface area contributed by atoms with E-state index in [1.807, 2.05) is 30.3 Å². The van der Waals surface area contributed by atoms with Crippen molar-refractivity contribution >= 4 is 17.9 Å². The zero-order chi connectivity index (χ0) is 39.1. The Hall–Kier alpha value is -3.17. The van der Waals surface area contributed by atoms with Gasteiger partial charge in [0, 0.05) is 37.4 Å². The number of aliphatic hydroxyl groups is 3. The van der Waals surface area contributed by atoms with Crippen LogP contribution in [0.25, 0.3) is 0 Å². The van der Waals surface area contributed by atoms with E-state index in [0.29, 0.717) is 25.9 Å². The molecule has 0 aliphatic carbocycles. The number of methoxy groups -OCH3 is 1. The summed E-state index contributed by atoms with van der Waals surface area (Å²) in [5.41, 5.74) is -0.149. The number of carbonyl (C=O) groups excluding carboxylic acids is 3. The molecular formula is C41H60O13. The van der Waals surface area contributed by atoms with E-state index in [9.17, 15) is 29.7 Å². The van der Waals surface area contributed by atoms with Crippen LogP contribution in [-0.4, -0.2) is 103 Å². The second-order valence-corrected chi connectivity index (χ2v) is 15.0. The van der Waals surface area contributed by atoms with E-state index in [2.05, 4.69) is 6.92 Å². The molecule has 0 unspecified atom stereocenters. The lowest BCUT2D eigenvalue weighted by Gasteiger charge is -2.51. The first-order valence-corrected chi connectivity index (χ1v) is 19.4. The van der Waals surface area contributed by atoms with Crippen LogP contribution in [0.2, 0.25) is 0 Å². The van der Waals surface area contributed by atoms with Gasteiger partial charge in [0.2, 0.25) is 5.79 Å². The Balaban J connectivity index is 1.70. The zero-order valence-corrected chi connectivity index (χ0v) is 32.2. The van der Waals surface area contributed by atoms with Gasteiger partial charge >= 0.3 is 17.9 Å². The maximum atomic E-state index is 13.3. The SMILES string of the molecule is CCCCCCCC(=O)O[C@H]1/C(=C/C(=O)OC)C[C@H]2C[C@@H](CO)OC(=O)C[C@@H](O)CCO[C@@H](c3ccccc3)C[C@@H]3CCO[C@H](/C=C/C(C)(C)[C@]1(O)O2)O3. The average molecular weight is 761 g/mol. The van der Waals surface area contributed by atoms with Gasteiger partial charge in [-0.3, -0.25) is 9.59 Å². The zero-order valence-electron chi connectivity index (χ0n) is 32.2. The van der Waals surface area contributed by atoms with Crippen LogP contribution in [0.1, 0.15) is 109 Å². The molecule has 0 radical (unpaired) electrons. The first kappa shape index (κ1) is 43.6. The highest BCUT2D eigenvalue weighted by Crippen LogP contribution is 2.47. The molecule has 0 spiro atoms. The Kier molecular flexibility index (Phi) is 17.1. The summed E-state index contributed by atoms with van der Waals surface area (Å²) >= 11 is 0. The quantitative estimate of drug-likeness (QED) is 0.0940. The van der Waals surface area contributed by atoms with Crippen LogP contribution in [0, 0.1) is 5.41 Å². The van der Waals surface area contributed by atoms with Crippen molar-refractivity contribution in [2.45, 2.75) is 147 Å². The molecule has 13 nitrogen and oxygen atoms in total. The molecule has 4 rings (SSSR count). The molecule has 2 fully saturated rings. The van der Waals surface area contributed by atoms with E-state index in [4.69, 9.17) is 33.2 Å². The number of hydrogen-bond donors (Lipinski definition) is 3. The fourth-order valence-electron chi connectivity index (χ4n) is 7.02. The molecular weight excluding hydrogens is 700 g/mol. The fraction of sp³-hybridized carbons (Fsp3) is 0.683. The van der Waals surface area contributed by atoms with Crippen molar-refractivity contribution in [2.75, 3.05) is 26.9 Å². The van der Waals surface area contributed by atoms with Crippen molar-refractivity contribution in [1.82, 2.24) is 0 Å². The van der Waals surface area contributed by atoms with Crippen molar-refractivity contribution in [3.8, 4) is 0 Å². The molecule has 1 aromatic rings. The lowest BCUT2D eigenvalue weighted by atomic mass is 9.74. The largest absolute Gasteiger partial charge is 0.466 e. The second-order valence-electron chi connectivity index (χ2n) is 15.0. The highest BCUT2D eigenvalue weighted by atomic mass is 16.7. The minimum Gasteiger partial charge on any atom is -0.466 e.